The average molecular weight is 146 g/mol. The third kappa shape index (κ3) is 2.11. The molecule has 0 heterocycles. The highest BCUT2D eigenvalue weighted by molar-refractivity contribution is 6.32. The molecule has 0 spiro atoms. The Morgan fingerprint density at radius 1 is 1.00 bits per heavy atom. The molecule has 1 aromatic rings. The molecule has 0 radical (unpaired) electrons. The van der Waals surface area contributed by atoms with Crippen molar-refractivity contribution in [2.75, 3.05) is 0 Å². The first kappa shape index (κ1) is 8.38. The number of benzene rings is 1. The van der Waals surface area contributed by atoms with Gasteiger partial charge in [0.05, 0.1) is 0 Å². The van der Waals surface area contributed by atoms with Crippen LogP contribution in [0, 0.1) is 0 Å². The van der Waals surface area contributed by atoms with Crippen molar-refractivity contribution in [3.63, 3.8) is 0 Å². The van der Waals surface area contributed by atoms with Crippen LogP contribution in [0.4, 0.5) is 0 Å². The maximum atomic E-state index is 2.23. The molecule has 11 heavy (non-hydrogen) atoms. The fourth-order valence-electron chi connectivity index (χ4n) is 1.05. The Morgan fingerprint density at radius 2 is 1.45 bits per heavy atom. The lowest BCUT2D eigenvalue weighted by molar-refractivity contribution is 0.590. The van der Waals surface area contributed by atoms with Crippen molar-refractivity contribution in [3.8, 4) is 0 Å². The van der Waals surface area contributed by atoms with Crippen molar-refractivity contribution in [1.29, 1.82) is 0 Å². The smallest absolute Gasteiger partial charge is 0.0889 e. The van der Waals surface area contributed by atoms with Crippen LogP contribution < -0.4 is 5.46 Å². The summed E-state index contributed by atoms with van der Waals surface area (Å²) in [5, 5.41) is 0. The summed E-state index contributed by atoms with van der Waals surface area (Å²) in [6.07, 6.45) is 0. The van der Waals surface area contributed by atoms with Gasteiger partial charge in [-0.1, -0.05) is 50.5 Å². The first-order chi connectivity index (χ1) is 5.00. The van der Waals surface area contributed by atoms with E-state index in [4.69, 9.17) is 0 Å². The van der Waals surface area contributed by atoms with E-state index < -0.39 is 0 Å². The van der Waals surface area contributed by atoms with E-state index in [9.17, 15) is 0 Å². The first-order valence-corrected chi connectivity index (χ1v) is 4.07. The molecule has 0 N–H and O–H groups in total. The summed E-state index contributed by atoms with van der Waals surface area (Å²) in [7, 11) is 2.12. The van der Waals surface area contributed by atoms with Gasteiger partial charge in [-0.15, -0.1) is 0 Å². The van der Waals surface area contributed by atoms with Gasteiger partial charge in [0, 0.05) is 0 Å². The topological polar surface area (TPSA) is 0 Å². The van der Waals surface area contributed by atoms with E-state index in [1.165, 1.54) is 11.0 Å². The number of hydrogen-bond acceptors (Lipinski definition) is 0. The zero-order valence-corrected chi connectivity index (χ0v) is 7.81. The molecule has 0 bridgehead atoms. The Kier molecular flexibility index (Phi) is 2.08. The number of hydrogen-bond donors (Lipinski definition) is 0. The summed E-state index contributed by atoms with van der Waals surface area (Å²) < 4.78 is 0. The molecule has 0 aliphatic rings. The quantitative estimate of drug-likeness (QED) is 0.483. The van der Waals surface area contributed by atoms with E-state index in [1.807, 2.05) is 0 Å². The third-order valence-corrected chi connectivity index (χ3v) is 1.92. The lowest BCUT2D eigenvalue weighted by Crippen LogP contribution is -2.12. The second-order valence-corrected chi connectivity index (χ2v) is 4.12. The largest absolute Gasteiger partial charge is 0.139 e. The molecule has 0 aliphatic carbocycles. The molecule has 0 saturated carbocycles. The van der Waals surface area contributed by atoms with Gasteiger partial charge in [-0.05, 0) is 11.0 Å². The Morgan fingerprint density at radius 3 is 1.82 bits per heavy atom. The van der Waals surface area contributed by atoms with E-state index in [1.54, 1.807) is 0 Å². The van der Waals surface area contributed by atoms with Crippen molar-refractivity contribution >= 4 is 13.3 Å². The van der Waals surface area contributed by atoms with Crippen molar-refractivity contribution in [3.05, 3.63) is 29.8 Å². The van der Waals surface area contributed by atoms with Crippen LogP contribution >= 0.6 is 0 Å². The standard InChI is InChI=1S/C10H15B/c1-10(2,3)8-4-6-9(11)7-5-8/h4-7H,11H2,1-3H3. The highest BCUT2D eigenvalue weighted by atomic mass is 14.2. The van der Waals surface area contributed by atoms with Crippen LogP contribution in [-0.4, -0.2) is 7.85 Å². The molecule has 1 rings (SSSR count). The minimum absolute atomic E-state index is 0.285. The number of rotatable bonds is 0. The molecule has 58 valence electrons. The van der Waals surface area contributed by atoms with E-state index in [2.05, 4.69) is 52.9 Å². The van der Waals surface area contributed by atoms with Crippen molar-refractivity contribution in [2.45, 2.75) is 26.2 Å². The summed E-state index contributed by atoms with van der Waals surface area (Å²) >= 11 is 0. The predicted octanol–water partition coefficient (Wildman–Crippen LogP) is 1.24. The second kappa shape index (κ2) is 2.73. The van der Waals surface area contributed by atoms with E-state index in [0.717, 1.165) is 0 Å². The highest BCUT2D eigenvalue weighted by Crippen LogP contribution is 2.20. The fraction of sp³-hybridized carbons (Fsp3) is 0.400. The van der Waals surface area contributed by atoms with Crippen molar-refractivity contribution in [1.82, 2.24) is 0 Å². The molecule has 0 nitrogen and oxygen atoms in total. The van der Waals surface area contributed by atoms with Crippen LogP contribution in [0.15, 0.2) is 24.3 Å². The van der Waals surface area contributed by atoms with E-state index >= 15 is 0 Å². The second-order valence-electron chi connectivity index (χ2n) is 4.12. The zero-order chi connectivity index (χ0) is 8.48. The minimum Gasteiger partial charge on any atom is -0.0889 e. The molecular formula is C10H15B. The SMILES string of the molecule is Bc1ccc(C(C)(C)C)cc1. The van der Waals surface area contributed by atoms with Gasteiger partial charge >= 0.3 is 0 Å². The summed E-state index contributed by atoms with van der Waals surface area (Å²) in [6, 6.07) is 8.74. The highest BCUT2D eigenvalue weighted by Gasteiger charge is 2.11. The van der Waals surface area contributed by atoms with Gasteiger partial charge in [-0.2, -0.15) is 0 Å². The molecule has 0 aliphatic heterocycles. The van der Waals surface area contributed by atoms with Gasteiger partial charge < -0.3 is 0 Å². The molecule has 0 saturated heterocycles. The van der Waals surface area contributed by atoms with Crippen molar-refractivity contribution in [2.24, 2.45) is 0 Å². The zero-order valence-electron chi connectivity index (χ0n) is 7.81. The van der Waals surface area contributed by atoms with Crippen LogP contribution in [0.25, 0.3) is 0 Å². The van der Waals surface area contributed by atoms with Crippen LogP contribution in [0.3, 0.4) is 0 Å². The average Bonchev–Trinajstić information content (AvgIpc) is 1.86. The summed E-state index contributed by atoms with van der Waals surface area (Å²) in [4.78, 5) is 0. The van der Waals surface area contributed by atoms with Crippen LogP contribution in [0.1, 0.15) is 26.3 Å². The van der Waals surface area contributed by atoms with Crippen molar-refractivity contribution < 1.29 is 0 Å². The monoisotopic (exact) mass is 146 g/mol. The Labute approximate surface area is 70.0 Å². The summed E-state index contributed by atoms with van der Waals surface area (Å²) in [5.41, 5.74) is 3.02. The Bertz CT molecular complexity index is 228. The minimum atomic E-state index is 0.285. The molecule has 1 aromatic carbocycles. The molecular weight excluding hydrogens is 131 g/mol. The maximum absolute atomic E-state index is 2.23. The Hall–Kier alpha value is -0.715. The molecule has 0 atom stereocenters. The predicted molar refractivity (Wildman–Crippen MR) is 53.3 cm³/mol. The van der Waals surface area contributed by atoms with Gasteiger partial charge in [-0.25, -0.2) is 0 Å². The first-order valence-electron chi connectivity index (χ1n) is 4.07. The van der Waals surface area contributed by atoms with Crippen LogP contribution in [-0.2, 0) is 5.41 Å². The molecule has 0 amide bonds. The molecule has 0 unspecified atom stereocenters. The van der Waals surface area contributed by atoms with Crippen LogP contribution in [0.2, 0.25) is 0 Å². The van der Waals surface area contributed by atoms with E-state index in [0.29, 0.717) is 0 Å². The van der Waals surface area contributed by atoms with Gasteiger partial charge in [0.15, 0.2) is 0 Å². The third-order valence-electron chi connectivity index (χ3n) is 1.92. The lowest BCUT2D eigenvalue weighted by Gasteiger charge is -2.18. The van der Waals surface area contributed by atoms with Gasteiger partial charge in [-0.3, -0.25) is 0 Å². The normalized spacial score (nSPS) is 11.5. The summed E-state index contributed by atoms with van der Waals surface area (Å²) in [6.45, 7) is 6.70. The van der Waals surface area contributed by atoms with Crippen LogP contribution in [0.5, 0.6) is 0 Å². The fourth-order valence-corrected chi connectivity index (χ4v) is 1.05. The summed E-state index contributed by atoms with van der Waals surface area (Å²) in [5.74, 6) is 0. The lowest BCUT2D eigenvalue weighted by atomic mass is 9.84. The van der Waals surface area contributed by atoms with E-state index in [-0.39, 0.29) is 5.41 Å². The molecule has 0 fully saturated rings. The van der Waals surface area contributed by atoms with Gasteiger partial charge in [0.1, 0.15) is 7.85 Å². The van der Waals surface area contributed by atoms with Gasteiger partial charge in [0.25, 0.3) is 0 Å². The molecule has 0 aromatic heterocycles. The molecule has 1 heteroatoms. The Balaban J connectivity index is 2.99. The van der Waals surface area contributed by atoms with Gasteiger partial charge in [0.2, 0.25) is 0 Å². The maximum Gasteiger partial charge on any atom is 0.139 e.